The van der Waals surface area contributed by atoms with E-state index in [1.807, 2.05) is 0 Å². The van der Waals surface area contributed by atoms with E-state index in [1.54, 1.807) is 0 Å². The van der Waals surface area contributed by atoms with E-state index >= 15 is 0 Å². The quantitative estimate of drug-likeness (QED) is 0.240. The van der Waals surface area contributed by atoms with E-state index in [9.17, 15) is 4.79 Å². The molecule has 0 aromatic rings. The second-order valence-corrected chi connectivity index (χ2v) is 1.00. The number of aliphatic carboxylic acids is 1. The molecule has 0 spiro atoms. The molecule has 0 amide bonds. The zero-order valence-corrected chi connectivity index (χ0v) is 4.31. The number of carbonyl (C=O) groups is 1. The van der Waals surface area contributed by atoms with Crippen LogP contribution in [-0.2, 0) is 8.98 Å². The highest BCUT2D eigenvalue weighted by Gasteiger charge is 2.00. The third-order valence-corrected chi connectivity index (χ3v) is 0.569. The predicted molar refractivity (Wildman–Crippen MR) is 26.8 cm³/mol. The lowest BCUT2D eigenvalue weighted by molar-refractivity contribution is -0.134. The van der Waals surface area contributed by atoms with E-state index < -0.39 is 5.97 Å². The Labute approximate surface area is 46.2 Å². The first-order valence-electron chi connectivity index (χ1n) is 1.42. The first-order valence-corrected chi connectivity index (χ1v) is 1.78. The van der Waals surface area contributed by atoms with Gasteiger partial charge in [-0.3, -0.25) is 0 Å². The zero-order valence-electron chi connectivity index (χ0n) is 3.42. The highest BCUT2D eigenvalue weighted by molar-refractivity contribution is 7.75. The minimum atomic E-state index is -1.20. The molecule has 3 nitrogen and oxygen atoms in total. The van der Waals surface area contributed by atoms with Crippen LogP contribution in [0.4, 0.5) is 0 Å². The molecule has 0 saturated heterocycles. The van der Waals surface area contributed by atoms with Gasteiger partial charge in [0.2, 0.25) is 5.76 Å². The normalized spacial score (nSPS) is 7.57. The smallest absolute Gasteiger partial charge is 0.372 e. The first-order chi connectivity index (χ1) is 3.18. The Bertz CT molecular complexity index is 98.4. The van der Waals surface area contributed by atoms with Gasteiger partial charge in [-0.2, -0.15) is 0 Å². The average Bonchev–Trinajstić information content (AvgIpc) is 1.65. The zero-order chi connectivity index (χ0) is 5.86. The summed E-state index contributed by atoms with van der Waals surface area (Å²) < 4.78 is 3.91. The molecule has 7 heavy (non-hydrogen) atoms. The molecule has 40 valence electrons. The summed E-state index contributed by atoms with van der Waals surface area (Å²) >= 11 is 3.17. The van der Waals surface area contributed by atoms with Crippen molar-refractivity contribution in [2.24, 2.45) is 0 Å². The molecule has 4 heteroatoms. The number of thiol groups is 1. The van der Waals surface area contributed by atoms with Gasteiger partial charge in [-0.25, -0.2) is 4.79 Å². The summed E-state index contributed by atoms with van der Waals surface area (Å²) in [5.41, 5.74) is 0. The van der Waals surface area contributed by atoms with Gasteiger partial charge in [0, 0.05) is 12.9 Å². The molecule has 0 aliphatic rings. The predicted octanol–water partition coefficient (Wildman–Crippen LogP) is 0.446. The summed E-state index contributed by atoms with van der Waals surface area (Å²) in [6, 6.07) is 0. The van der Waals surface area contributed by atoms with Crippen LogP contribution in [0.5, 0.6) is 0 Å². The lowest BCUT2D eigenvalue weighted by Crippen LogP contribution is -1.97. The molecule has 0 bridgehead atoms. The Morgan fingerprint density at radius 1 is 1.86 bits per heavy atom. The molecule has 0 unspecified atom stereocenters. The lowest BCUT2D eigenvalue weighted by atomic mass is 10.6. The van der Waals surface area contributed by atoms with E-state index in [-0.39, 0.29) is 5.76 Å². The van der Waals surface area contributed by atoms with Crippen molar-refractivity contribution in [3.05, 3.63) is 12.3 Å². The van der Waals surface area contributed by atoms with Gasteiger partial charge >= 0.3 is 5.97 Å². The standard InChI is InChI=1S/C3H4O3S/c1-2(6-7)3(4)5/h7H,1H2,(H,4,5). The molecular formula is C3H4O3S. The van der Waals surface area contributed by atoms with E-state index in [4.69, 9.17) is 5.11 Å². The van der Waals surface area contributed by atoms with Crippen LogP contribution >= 0.6 is 12.9 Å². The molecule has 0 heterocycles. The highest BCUT2D eigenvalue weighted by atomic mass is 32.1. The Hall–Kier alpha value is -0.640. The minimum absolute atomic E-state index is 0.372. The lowest BCUT2D eigenvalue weighted by Gasteiger charge is -1.89. The van der Waals surface area contributed by atoms with Crippen molar-refractivity contribution < 1.29 is 14.1 Å². The molecule has 1 N–H and O–H groups in total. The van der Waals surface area contributed by atoms with Gasteiger partial charge in [0.25, 0.3) is 0 Å². The Kier molecular flexibility index (Phi) is 2.29. The van der Waals surface area contributed by atoms with Crippen molar-refractivity contribution in [2.75, 3.05) is 0 Å². The van der Waals surface area contributed by atoms with Crippen molar-refractivity contribution in [1.82, 2.24) is 0 Å². The fourth-order valence-corrected chi connectivity index (χ4v) is 0.117. The molecule has 0 fully saturated rings. The fourth-order valence-electron chi connectivity index (χ4n) is 0.0390. The third kappa shape index (κ3) is 2.11. The van der Waals surface area contributed by atoms with Crippen LogP contribution in [-0.4, -0.2) is 11.1 Å². The maximum Gasteiger partial charge on any atom is 0.372 e. The van der Waals surface area contributed by atoms with Crippen LogP contribution in [0.2, 0.25) is 0 Å². The largest absolute Gasteiger partial charge is 0.475 e. The summed E-state index contributed by atoms with van der Waals surface area (Å²) in [5.74, 6) is -1.57. The number of hydrogen-bond donors (Lipinski definition) is 2. The molecule has 0 aromatic carbocycles. The SMILES string of the molecule is C=C(OS)C(=O)O. The Balaban J connectivity index is 3.58. The summed E-state index contributed by atoms with van der Waals surface area (Å²) in [6.07, 6.45) is 0. The second-order valence-electron chi connectivity index (χ2n) is 0.820. The van der Waals surface area contributed by atoms with Crippen LogP contribution in [0.15, 0.2) is 12.3 Å². The number of hydrogen-bond acceptors (Lipinski definition) is 3. The van der Waals surface area contributed by atoms with Crippen LogP contribution in [0.1, 0.15) is 0 Å². The summed E-state index contributed by atoms with van der Waals surface area (Å²) in [7, 11) is 0. The van der Waals surface area contributed by atoms with E-state index in [0.29, 0.717) is 0 Å². The summed E-state index contributed by atoms with van der Waals surface area (Å²) in [4.78, 5) is 9.66. The molecule has 0 rings (SSSR count). The number of rotatable bonds is 2. The van der Waals surface area contributed by atoms with E-state index in [1.165, 1.54) is 0 Å². The summed E-state index contributed by atoms with van der Waals surface area (Å²) in [6.45, 7) is 2.97. The Morgan fingerprint density at radius 3 is 2.29 bits per heavy atom. The Morgan fingerprint density at radius 2 is 2.29 bits per heavy atom. The van der Waals surface area contributed by atoms with Crippen LogP contribution < -0.4 is 0 Å². The van der Waals surface area contributed by atoms with Crippen LogP contribution in [0, 0.1) is 0 Å². The number of carboxylic acid groups (broad SMARTS) is 1. The van der Waals surface area contributed by atoms with Gasteiger partial charge in [0.15, 0.2) is 0 Å². The molecule has 0 aliphatic heterocycles. The van der Waals surface area contributed by atoms with Crippen molar-refractivity contribution in [3.8, 4) is 0 Å². The van der Waals surface area contributed by atoms with Crippen molar-refractivity contribution >= 4 is 18.9 Å². The van der Waals surface area contributed by atoms with Gasteiger partial charge in [0.1, 0.15) is 0 Å². The third-order valence-electron chi connectivity index (χ3n) is 0.349. The maximum atomic E-state index is 9.66. The average molecular weight is 120 g/mol. The fraction of sp³-hybridized carbons (Fsp3) is 0. The van der Waals surface area contributed by atoms with Gasteiger partial charge < -0.3 is 9.29 Å². The molecule has 0 aliphatic carbocycles. The molecule has 0 radical (unpaired) electrons. The monoisotopic (exact) mass is 120 g/mol. The molecule has 0 aromatic heterocycles. The van der Waals surface area contributed by atoms with Crippen molar-refractivity contribution in [3.63, 3.8) is 0 Å². The van der Waals surface area contributed by atoms with Gasteiger partial charge in [0.05, 0.1) is 0 Å². The van der Waals surface area contributed by atoms with Gasteiger partial charge in [-0.1, -0.05) is 0 Å². The van der Waals surface area contributed by atoms with Gasteiger partial charge in [-0.05, 0) is 6.58 Å². The number of carboxylic acids is 1. The maximum absolute atomic E-state index is 9.66. The second kappa shape index (κ2) is 2.52. The topological polar surface area (TPSA) is 46.5 Å². The van der Waals surface area contributed by atoms with Crippen molar-refractivity contribution in [2.45, 2.75) is 0 Å². The minimum Gasteiger partial charge on any atom is -0.475 e. The van der Waals surface area contributed by atoms with E-state index in [0.717, 1.165) is 0 Å². The van der Waals surface area contributed by atoms with E-state index in [2.05, 4.69) is 23.7 Å². The molecule has 0 atom stereocenters. The van der Waals surface area contributed by atoms with Crippen LogP contribution in [0.25, 0.3) is 0 Å². The van der Waals surface area contributed by atoms with Crippen LogP contribution in [0.3, 0.4) is 0 Å². The van der Waals surface area contributed by atoms with Gasteiger partial charge in [-0.15, -0.1) is 0 Å². The molecular weight excluding hydrogens is 116 g/mol. The summed E-state index contributed by atoms with van der Waals surface area (Å²) in [5, 5.41) is 7.91. The van der Waals surface area contributed by atoms with Crippen molar-refractivity contribution in [1.29, 1.82) is 0 Å². The molecule has 0 saturated carbocycles. The first kappa shape index (κ1) is 6.36. The highest BCUT2D eigenvalue weighted by Crippen LogP contribution is 1.93.